The van der Waals surface area contributed by atoms with Crippen LogP contribution in [0.5, 0.6) is 0 Å². The van der Waals surface area contributed by atoms with Crippen LogP contribution in [-0.4, -0.2) is 24.9 Å². The first-order chi connectivity index (χ1) is 27.2. The van der Waals surface area contributed by atoms with E-state index < -0.39 is 0 Å². The predicted molar refractivity (Wildman–Crippen MR) is 221 cm³/mol. The van der Waals surface area contributed by atoms with Crippen molar-refractivity contribution in [1.29, 1.82) is 0 Å². The summed E-state index contributed by atoms with van der Waals surface area (Å²) in [5.74, 6) is 2.43. The minimum absolute atomic E-state index is 0.568. The van der Waals surface area contributed by atoms with Gasteiger partial charge in [-0.3, -0.25) is 0 Å². The quantitative estimate of drug-likeness (QED) is 0.164. The third kappa shape index (κ3) is 6.32. The molecule has 0 unspecified atom stereocenters. The molecule has 6 heteroatoms. The Bertz CT molecular complexity index is 2890. The van der Waals surface area contributed by atoms with Crippen LogP contribution in [0.4, 0.5) is 0 Å². The smallest absolute Gasteiger partial charge is 0.164 e. The van der Waals surface area contributed by atoms with Crippen LogP contribution in [-0.2, 0) is 0 Å². The molecule has 0 amide bonds. The summed E-state index contributed by atoms with van der Waals surface area (Å²) in [7, 11) is 0. The SMILES string of the molecule is c1ccc(-c2ccc(-c3nc(-c4ccccc4)nc(-c4ccc5c(c4)oc4ccc(-c6nc(-c7ccccc7)cc(-c7ccccc7)n6)cc45)n3)cc2)cc1. The Labute approximate surface area is 317 Å². The molecule has 0 saturated carbocycles. The molecule has 0 N–H and O–H groups in total. The summed E-state index contributed by atoms with van der Waals surface area (Å²) < 4.78 is 6.46. The van der Waals surface area contributed by atoms with Gasteiger partial charge in [-0.25, -0.2) is 24.9 Å². The maximum Gasteiger partial charge on any atom is 0.164 e. The van der Waals surface area contributed by atoms with E-state index in [1.54, 1.807) is 0 Å². The molecule has 10 aromatic rings. The van der Waals surface area contributed by atoms with Gasteiger partial charge in [-0.05, 0) is 47.5 Å². The molecule has 0 saturated heterocycles. The average molecular weight is 706 g/mol. The second kappa shape index (κ2) is 13.8. The highest BCUT2D eigenvalue weighted by atomic mass is 16.3. The Hall–Kier alpha value is -7.57. The first-order valence-corrected chi connectivity index (χ1v) is 18.2. The number of hydrogen-bond donors (Lipinski definition) is 0. The first-order valence-electron chi connectivity index (χ1n) is 18.2. The van der Waals surface area contributed by atoms with Crippen molar-refractivity contribution in [2.24, 2.45) is 0 Å². The van der Waals surface area contributed by atoms with E-state index in [4.69, 9.17) is 29.3 Å². The standard InChI is InChI=1S/C49H31N5O/c1-5-13-32(14-6-1)33-21-23-37(24-22-33)47-52-46(36-19-11-4-12-20-36)53-49(54-47)39-25-27-40-41-29-38(26-28-44(41)55-45(40)30-39)48-50-42(34-15-7-2-8-16-34)31-43(51-48)35-17-9-3-10-18-35/h1-31H. The van der Waals surface area contributed by atoms with Crippen LogP contribution in [0.3, 0.4) is 0 Å². The summed E-state index contributed by atoms with van der Waals surface area (Å²) in [5, 5.41) is 1.96. The molecule has 0 atom stereocenters. The molecule has 55 heavy (non-hydrogen) atoms. The Balaban J connectivity index is 1.05. The third-order valence-electron chi connectivity index (χ3n) is 9.77. The normalized spacial score (nSPS) is 11.3. The Morgan fingerprint density at radius 3 is 1.24 bits per heavy atom. The number of furan rings is 1. The second-order valence-corrected chi connectivity index (χ2v) is 13.3. The van der Waals surface area contributed by atoms with Crippen molar-refractivity contribution in [2.75, 3.05) is 0 Å². The van der Waals surface area contributed by atoms with Gasteiger partial charge >= 0.3 is 0 Å². The molecule has 0 fully saturated rings. The fourth-order valence-electron chi connectivity index (χ4n) is 6.94. The lowest BCUT2D eigenvalue weighted by Crippen LogP contribution is -2.00. The van der Waals surface area contributed by atoms with Crippen LogP contribution in [0.25, 0.3) is 101 Å². The Morgan fingerprint density at radius 1 is 0.255 bits per heavy atom. The van der Waals surface area contributed by atoms with Gasteiger partial charge in [0.15, 0.2) is 23.3 Å². The van der Waals surface area contributed by atoms with E-state index in [1.807, 2.05) is 103 Å². The van der Waals surface area contributed by atoms with Crippen LogP contribution in [0.15, 0.2) is 192 Å². The summed E-state index contributed by atoms with van der Waals surface area (Å²) in [5.41, 5.74) is 11.2. The maximum atomic E-state index is 6.46. The molecule has 0 aliphatic rings. The molecule has 0 aliphatic heterocycles. The van der Waals surface area contributed by atoms with Gasteiger partial charge in [-0.1, -0.05) is 152 Å². The largest absolute Gasteiger partial charge is 0.456 e. The van der Waals surface area contributed by atoms with Gasteiger partial charge in [-0.2, -0.15) is 0 Å². The molecule has 7 aromatic carbocycles. The van der Waals surface area contributed by atoms with Crippen LogP contribution in [0.2, 0.25) is 0 Å². The number of aromatic nitrogens is 5. The summed E-state index contributed by atoms with van der Waals surface area (Å²) >= 11 is 0. The molecular formula is C49H31N5O. The summed E-state index contributed by atoms with van der Waals surface area (Å²) in [6.45, 7) is 0. The lowest BCUT2D eigenvalue weighted by Gasteiger charge is -2.09. The molecule has 0 bridgehead atoms. The van der Waals surface area contributed by atoms with E-state index >= 15 is 0 Å². The maximum absolute atomic E-state index is 6.46. The summed E-state index contributed by atoms with van der Waals surface area (Å²) in [6, 6.07) is 63.5. The fraction of sp³-hybridized carbons (Fsp3) is 0. The van der Waals surface area contributed by atoms with Crippen LogP contribution >= 0.6 is 0 Å². The van der Waals surface area contributed by atoms with Gasteiger partial charge in [0, 0.05) is 44.2 Å². The number of fused-ring (bicyclic) bond motifs is 3. The van der Waals surface area contributed by atoms with Crippen molar-refractivity contribution < 1.29 is 4.42 Å². The molecule has 3 aromatic heterocycles. The molecule has 3 heterocycles. The van der Waals surface area contributed by atoms with Crippen molar-refractivity contribution in [3.8, 4) is 79.2 Å². The Kier molecular flexibility index (Phi) is 8.04. The van der Waals surface area contributed by atoms with Gasteiger partial charge in [0.25, 0.3) is 0 Å². The highest BCUT2D eigenvalue weighted by Gasteiger charge is 2.17. The first kappa shape index (κ1) is 32.1. The van der Waals surface area contributed by atoms with Crippen molar-refractivity contribution in [1.82, 2.24) is 24.9 Å². The zero-order valence-electron chi connectivity index (χ0n) is 29.5. The lowest BCUT2D eigenvalue weighted by atomic mass is 10.0. The molecule has 0 aliphatic carbocycles. The fourth-order valence-corrected chi connectivity index (χ4v) is 6.94. The summed E-state index contributed by atoms with van der Waals surface area (Å²) in [4.78, 5) is 25.0. The van der Waals surface area contributed by atoms with Crippen LogP contribution < -0.4 is 0 Å². The van der Waals surface area contributed by atoms with E-state index in [-0.39, 0.29) is 0 Å². The third-order valence-corrected chi connectivity index (χ3v) is 9.77. The number of nitrogens with zero attached hydrogens (tertiary/aromatic N) is 5. The van der Waals surface area contributed by atoms with E-state index in [0.29, 0.717) is 23.3 Å². The minimum atomic E-state index is 0.568. The van der Waals surface area contributed by atoms with E-state index in [1.165, 1.54) is 0 Å². The van der Waals surface area contributed by atoms with Crippen molar-refractivity contribution in [3.05, 3.63) is 188 Å². The topological polar surface area (TPSA) is 77.6 Å². The molecule has 0 spiro atoms. The predicted octanol–water partition coefficient (Wildman–Crippen LogP) is 12.2. The molecule has 258 valence electrons. The van der Waals surface area contributed by atoms with E-state index in [2.05, 4.69) is 84.9 Å². The van der Waals surface area contributed by atoms with Crippen LogP contribution in [0.1, 0.15) is 0 Å². The van der Waals surface area contributed by atoms with Crippen molar-refractivity contribution >= 4 is 21.9 Å². The van der Waals surface area contributed by atoms with Crippen molar-refractivity contribution in [2.45, 2.75) is 0 Å². The number of hydrogen-bond acceptors (Lipinski definition) is 6. The molecule has 6 nitrogen and oxygen atoms in total. The Morgan fingerprint density at radius 2 is 0.655 bits per heavy atom. The van der Waals surface area contributed by atoms with Crippen LogP contribution in [0, 0.1) is 0 Å². The summed E-state index contributed by atoms with van der Waals surface area (Å²) in [6.07, 6.45) is 0. The molecule has 10 rings (SSSR count). The van der Waals surface area contributed by atoms with E-state index in [9.17, 15) is 0 Å². The molecular weight excluding hydrogens is 675 g/mol. The highest BCUT2D eigenvalue weighted by Crippen LogP contribution is 2.36. The zero-order chi connectivity index (χ0) is 36.6. The van der Waals surface area contributed by atoms with Gasteiger partial charge in [0.2, 0.25) is 0 Å². The minimum Gasteiger partial charge on any atom is -0.456 e. The lowest BCUT2D eigenvalue weighted by molar-refractivity contribution is 0.669. The average Bonchev–Trinajstić information content (AvgIpc) is 3.65. The molecule has 0 radical (unpaired) electrons. The van der Waals surface area contributed by atoms with E-state index in [0.717, 1.165) is 77.8 Å². The van der Waals surface area contributed by atoms with Gasteiger partial charge < -0.3 is 4.42 Å². The second-order valence-electron chi connectivity index (χ2n) is 13.3. The van der Waals surface area contributed by atoms with Gasteiger partial charge in [0.05, 0.1) is 11.4 Å². The number of rotatable bonds is 7. The highest BCUT2D eigenvalue weighted by molar-refractivity contribution is 6.07. The number of benzene rings is 7. The zero-order valence-corrected chi connectivity index (χ0v) is 29.5. The van der Waals surface area contributed by atoms with Crippen molar-refractivity contribution in [3.63, 3.8) is 0 Å². The van der Waals surface area contributed by atoms with Gasteiger partial charge in [0.1, 0.15) is 11.2 Å². The monoisotopic (exact) mass is 705 g/mol. The van der Waals surface area contributed by atoms with Gasteiger partial charge in [-0.15, -0.1) is 0 Å².